The first-order valence-electron chi connectivity index (χ1n) is 10.3. The number of alkyl halides is 3. The molecule has 0 radical (unpaired) electrons. The van der Waals surface area contributed by atoms with Gasteiger partial charge in [-0.2, -0.15) is 13.2 Å². The van der Waals surface area contributed by atoms with Crippen LogP contribution in [0.3, 0.4) is 0 Å². The van der Waals surface area contributed by atoms with Crippen LogP contribution >= 0.6 is 11.6 Å². The van der Waals surface area contributed by atoms with Crippen LogP contribution < -0.4 is 9.62 Å². The highest BCUT2D eigenvalue weighted by Gasteiger charge is 2.34. The number of nitrogens with one attached hydrogen (secondary N) is 1. The Bertz CT molecular complexity index is 1170. The van der Waals surface area contributed by atoms with Crippen molar-refractivity contribution in [2.75, 3.05) is 23.7 Å². The fraction of sp³-hybridized carbons (Fsp3) is 0.364. The zero-order valence-electron chi connectivity index (χ0n) is 19.1. The van der Waals surface area contributed by atoms with Crippen LogP contribution in [0, 0.1) is 5.82 Å². The van der Waals surface area contributed by atoms with Crippen molar-refractivity contribution in [2.45, 2.75) is 32.6 Å². The van der Waals surface area contributed by atoms with Crippen LogP contribution in [-0.2, 0) is 32.3 Å². The van der Waals surface area contributed by atoms with Crippen LogP contribution in [-0.4, -0.2) is 50.5 Å². The van der Waals surface area contributed by atoms with Gasteiger partial charge in [0.15, 0.2) is 0 Å². The van der Waals surface area contributed by atoms with E-state index in [1.54, 1.807) is 6.92 Å². The van der Waals surface area contributed by atoms with Gasteiger partial charge in [-0.1, -0.05) is 23.7 Å². The molecule has 2 amide bonds. The van der Waals surface area contributed by atoms with E-state index in [0.717, 1.165) is 23.1 Å². The first-order chi connectivity index (χ1) is 16.1. The normalized spacial score (nSPS) is 12.7. The minimum Gasteiger partial charge on any atom is -0.355 e. The average Bonchev–Trinajstić information content (AvgIpc) is 2.75. The monoisotopic (exact) mass is 537 g/mol. The summed E-state index contributed by atoms with van der Waals surface area (Å²) in [6, 6.07) is 6.11. The number of carbonyl (C=O) groups is 2. The Kier molecular flexibility index (Phi) is 9.12. The molecule has 0 saturated carbocycles. The number of hydrogen-bond donors (Lipinski definition) is 1. The third kappa shape index (κ3) is 7.56. The fourth-order valence-electron chi connectivity index (χ4n) is 3.17. The van der Waals surface area contributed by atoms with E-state index in [9.17, 15) is 35.6 Å². The Hall–Kier alpha value is -2.86. The molecule has 1 atom stereocenters. The summed E-state index contributed by atoms with van der Waals surface area (Å²) in [6.45, 7) is 2.22. The van der Waals surface area contributed by atoms with Crippen molar-refractivity contribution in [2.24, 2.45) is 0 Å². The Morgan fingerprint density at radius 1 is 1.11 bits per heavy atom. The van der Waals surface area contributed by atoms with Gasteiger partial charge in [-0.15, -0.1) is 0 Å². The minimum atomic E-state index is -4.78. The van der Waals surface area contributed by atoms with E-state index in [-0.39, 0.29) is 18.1 Å². The lowest BCUT2D eigenvalue weighted by molar-refractivity contribution is -0.139. The molecule has 0 heterocycles. The summed E-state index contributed by atoms with van der Waals surface area (Å²) in [5.74, 6) is -1.94. The van der Waals surface area contributed by atoms with E-state index in [1.165, 1.54) is 19.1 Å². The maximum atomic E-state index is 13.3. The first kappa shape index (κ1) is 28.4. The van der Waals surface area contributed by atoms with E-state index >= 15 is 0 Å². The number of anilines is 1. The van der Waals surface area contributed by atoms with Gasteiger partial charge in [-0.05, 0) is 49.7 Å². The highest BCUT2D eigenvalue weighted by Crippen LogP contribution is 2.36. The predicted molar refractivity (Wildman–Crippen MR) is 124 cm³/mol. The quantitative estimate of drug-likeness (QED) is 0.493. The topological polar surface area (TPSA) is 86.8 Å². The first-order valence-corrected chi connectivity index (χ1v) is 12.5. The standard InChI is InChI=1S/C22H24ClF4N3O4S/c1-4-28-21(32)14(2)29(12-15-5-8-17(24)9-6-15)20(31)13-30(35(3,33)34)19-11-16(22(25,26)27)7-10-18(19)23/h5-11,14H,4,12-13H2,1-3H3,(H,28,32)/t14-/m1/s1. The van der Waals surface area contributed by atoms with E-state index < -0.39 is 57.7 Å². The number of nitrogens with zero attached hydrogens (tertiary/aromatic N) is 2. The van der Waals surface area contributed by atoms with Crippen LogP contribution in [0.1, 0.15) is 25.0 Å². The summed E-state index contributed by atoms with van der Waals surface area (Å²) in [7, 11) is -4.28. The number of amides is 2. The molecule has 192 valence electrons. The summed E-state index contributed by atoms with van der Waals surface area (Å²) in [5.41, 5.74) is -1.25. The van der Waals surface area contributed by atoms with Gasteiger partial charge in [0, 0.05) is 13.1 Å². The second kappa shape index (κ2) is 11.3. The highest BCUT2D eigenvalue weighted by molar-refractivity contribution is 7.92. The zero-order valence-corrected chi connectivity index (χ0v) is 20.6. The van der Waals surface area contributed by atoms with Gasteiger partial charge in [0.1, 0.15) is 18.4 Å². The Morgan fingerprint density at radius 3 is 2.23 bits per heavy atom. The van der Waals surface area contributed by atoms with Gasteiger partial charge in [0.05, 0.1) is 22.5 Å². The Balaban J connectivity index is 2.48. The molecule has 0 saturated heterocycles. The molecule has 0 aliphatic carbocycles. The van der Waals surface area contributed by atoms with E-state index in [1.807, 2.05) is 0 Å². The lowest BCUT2D eigenvalue weighted by atomic mass is 10.1. The summed E-state index contributed by atoms with van der Waals surface area (Å²) < 4.78 is 78.4. The molecule has 0 spiro atoms. The SMILES string of the molecule is CCNC(=O)[C@@H](C)N(Cc1ccc(F)cc1)C(=O)CN(c1cc(C(F)(F)F)ccc1Cl)S(C)(=O)=O. The maximum absolute atomic E-state index is 13.3. The number of likely N-dealkylation sites (N-methyl/N-ethyl adjacent to an activating group) is 1. The molecule has 0 aliphatic heterocycles. The Labute approximate surface area is 205 Å². The summed E-state index contributed by atoms with van der Waals surface area (Å²) in [5, 5.41) is 2.23. The molecule has 2 aromatic carbocycles. The van der Waals surface area contributed by atoms with Crippen LogP contribution in [0.2, 0.25) is 5.02 Å². The van der Waals surface area contributed by atoms with Crippen LogP contribution in [0.5, 0.6) is 0 Å². The number of benzene rings is 2. The van der Waals surface area contributed by atoms with Gasteiger partial charge < -0.3 is 10.2 Å². The number of sulfonamides is 1. The van der Waals surface area contributed by atoms with Gasteiger partial charge in [0.25, 0.3) is 0 Å². The molecule has 2 rings (SSSR count). The molecular weight excluding hydrogens is 514 g/mol. The smallest absolute Gasteiger partial charge is 0.355 e. The molecule has 0 aliphatic rings. The van der Waals surface area contributed by atoms with Crippen LogP contribution in [0.4, 0.5) is 23.2 Å². The lowest BCUT2D eigenvalue weighted by Crippen LogP contribution is -2.51. The third-order valence-corrected chi connectivity index (χ3v) is 6.45. The molecule has 0 unspecified atom stereocenters. The molecule has 2 aromatic rings. The van der Waals surface area contributed by atoms with Crippen LogP contribution in [0.25, 0.3) is 0 Å². The molecule has 0 bridgehead atoms. The fourth-order valence-corrected chi connectivity index (χ4v) is 4.29. The van der Waals surface area contributed by atoms with Gasteiger partial charge in [0.2, 0.25) is 21.8 Å². The zero-order chi connectivity index (χ0) is 26.6. The van der Waals surface area contributed by atoms with Crippen LogP contribution in [0.15, 0.2) is 42.5 Å². The second-order valence-corrected chi connectivity index (χ2v) is 9.97. The number of hydrogen-bond acceptors (Lipinski definition) is 4. The maximum Gasteiger partial charge on any atom is 0.416 e. The molecule has 13 heteroatoms. The van der Waals surface area contributed by atoms with Crippen molar-refractivity contribution in [1.82, 2.24) is 10.2 Å². The predicted octanol–water partition coefficient (Wildman–Crippen LogP) is 3.82. The van der Waals surface area contributed by atoms with Crippen molar-refractivity contribution in [3.8, 4) is 0 Å². The molecule has 35 heavy (non-hydrogen) atoms. The molecule has 7 nitrogen and oxygen atoms in total. The molecular formula is C22H24ClF4N3O4S. The van der Waals surface area contributed by atoms with Crippen molar-refractivity contribution >= 4 is 39.1 Å². The second-order valence-electron chi connectivity index (χ2n) is 7.65. The van der Waals surface area contributed by atoms with E-state index in [2.05, 4.69) is 5.32 Å². The summed E-state index contributed by atoms with van der Waals surface area (Å²) in [4.78, 5) is 26.8. The third-order valence-electron chi connectivity index (χ3n) is 5.01. The summed E-state index contributed by atoms with van der Waals surface area (Å²) >= 11 is 6.01. The van der Waals surface area contributed by atoms with E-state index in [4.69, 9.17) is 11.6 Å². The average molecular weight is 538 g/mol. The lowest BCUT2D eigenvalue weighted by Gasteiger charge is -2.31. The van der Waals surface area contributed by atoms with Crippen molar-refractivity contribution in [3.05, 3.63) is 64.4 Å². The highest BCUT2D eigenvalue weighted by atomic mass is 35.5. The number of carbonyl (C=O) groups excluding carboxylic acids is 2. The van der Waals surface area contributed by atoms with Crippen molar-refractivity contribution in [1.29, 1.82) is 0 Å². The summed E-state index contributed by atoms with van der Waals surface area (Å²) in [6.07, 6.45) is -4.07. The number of halogens is 5. The molecule has 0 fully saturated rings. The van der Waals surface area contributed by atoms with Gasteiger partial charge >= 0.3 is 6.18 Å². The molecule has 0 aromatic heterocycles. The van der Waals surface area contributed by atoms with Gasteiger partial charge in [-0.25, -0.2) is 12.8 Å². The Morgan fingerprint density at radius 2 is 1.71 bits per heavy atom. The van der Waals surface area contributed by atoms with Crippen molar-refractivity contribution in [3.63, 3.8) is 0 Å². The van der Waals surface area contributed by atoms with Crippen molar-refractivity contribution < 1.29 is 35.6 Å². The largest absolute Gasteiger partial charge is 0.416 e. The van der Waals surface area contributed by atoms with E-state index in [0.29, 0.717) is 28.3 Å². The molecule has 1 N–H and O–H groups in total. The number of rotatable bonds is 9. The minimum absolute atomic E-state index is 0.189. The van der Waals surface area contributed by atoms with Gasteiger partial charge in [-0.3, -0.25) is 13.9 Å².